The Kier molecular flexibility index (Phi) is 4.42. The van der Waals surface area contributed by atoms with Crippen LogP contribution in [0.25, 0.3) is 0 Å². The monoisotopic (exact) mass is 343 g/mol. The SMILES string of the molecule is C[C@@H]1CCCC[C@@H]1NC(=O)c1cccc(I)c1. The lowest BCUT2D eigenvalue weighted by Gasteiger charge is -2.29. The Balaban J connectivity index is 2.01. The van der Waals surface area contributed by atoms with Crippen molar-refractivity contribution in [2.45, 2.75) is 38.6 Å². The number of amides is 1. The maximum atomic E-state index is 12.1. The van der Waals surface area contributed by atoms with Crippen molar-refractivity contribution >= 4 is 28.5 Å². The Morgan fingerprint density at radius 2 is 2.12 bits per heavy atom. The Hall–Kier alpha value is -0.580. The van der Waals surface area contributed by atoms with Gasteiger partial charge in [0.15, 0.2) is 0 Å². The highest BCUT2D eigenvalue weighted by Crippen LogP contribution is 2.24. The van der Waals surface area contributed by atoms with E-state index in [1.807, 2.05) is 24.3 Å². The highest BCUT2D eigenvalue weighted by atomic mass is 127. The Bertz CT molecular complexity index is 405. The molecular formula is C14H18INO. The summed E-state index contributed by atoms with van der Waals surface area (Å²) >= 11 is 2.23. The molecule has 3 heteroatoms. The topological polar surface area (TPSA) is 29.1 Å². The predicted octanol–water partition coefficient (Wildman–Crippen LogP) is 3.60. The third-order valence-corrected chi connectivity index (χ3v) is 4.19. The number of benzene rings is 1. The van der Waals surface area contributed by atoms with Gasteiger partial charge in [-0.1, -0.05) is 25.8 Å². The van der Waals surface area contributed by atoms with Gasteiger partial charge in [-0.15, -0.1) is 0 Å². The van der Waals surface area contributed by atoms with Crippen LogP contribution in [0.4, 0.5) is 0 Å². The molecule has 1 N–H and O–H groups in total. The lowest BCUT2D eigenvalue weighted by Crippen LogP contribution is -2.41. The summed E-state index contributed by atoms with van der Waals surface area (Å²) in [5, 5.41) is 3.17. The van der Waals surface area contributed by atoms with Crippen molar-refractivity contribution < 1.29 is 4.79 Å². The van der Waals surface area contributed by atoms with Crippen molar-refractivity contribution in [2.24, 2.45) is 5.92 Å². The molecule has 2 rings (SSSR count). The molecule has 1 fully saturated rings. The van der Waals surface area contributed by atoms with Gasteiger partial charge in [0.05, 0.1) is 0 Å². The quantitative estimate of drug-likeness (QED) is 0.817. The third kappa shape index (κ3) is 3.44. The van der Waals surface area contributed by atoms with E-state index in [4.69, 9.17) is 0 Å². The van der Waals surface area contributed by atoms with Gasteiger partial charge >= 0.3 is 0 Å². The van der Waals surface area contributed by atoms with Crippen molar-refractivity contribution in [3.05, 3.63) is 33.4 Å². The van der Waals surface area contributed by atoms with Gasteiger partial charge in [0, 0.05) is 15.2 Å². The maximum absolute atomic E-state index is 12.1. The molecule has 0 spiro atoms. The number of halogens is 1. The average Bonchev–Trinajstić information content (AvgIpc) is 2.32. The van der Waals surface area contributed by atoms with Crippen LogP contribution in [0.15, 0.2) is 24.3 Å². The fraction of sp³-hybridized carbons (Fsp3) is 0.500. The highest BCUT2D eigenvalue weighted by molar-refractivity contribution is 14.1. The van der Waals surface area contributed by atoms with Gasteiger partial charge in [-0.2, -0.15) is 0 Å². The minimum Gasteiger partial charge on any atom is -0.349 e. The Morgan fingerprint density at radius 3 is 2.82 bits per heavy atom. The standard InChI is InChI=1S/C14H18INO/c1-10-5-2-3-8-13(10)16-14(17)11-6-4-7-12(15)9-11/h4,6-7,9-10,13H,2-3,5,8H2,1H3,(H,16,17)/t10-,13+/m1/s1. The molecule has 0 saturated heterocycles. The normalized spacial score (nSPS) is 24.4. The van der Waals surface area contributed by atoms with Gasteiger partial charge in [0.1, 0.15) is 0 Å². The average molecular weight is 343 g/mol. The molecule has 1 saturated carbocycles. The Labute approximate surface area is 116 Å². The van der Waals surface area contributed by atoms with Crippen LogP contribution < -0.4 is 5.32 Å². The number of rotatable bonds is 2. The molecule has 1 aromatic rings. The predicted molar refractivity (Wildman–Crippen MR) is 78.0 cm³/mol. The number of carbonyl (C=O) groups excluding carboxylic acids is 1. The summed E-state index contributed by atoms with van der Waals surface area (Å²) in [4.78, 5) is 12.1. The van der Waals surface area contributed by atoms with E-state index < -0.39 is 0 Å². The summed E-state index contributed by atoms with van der Waals surface area (Å²) in [6.07, 6.45) is 4.90. The van der Waals surface area contributed by atoms with Crippen LogP contribution in [-0.2, 0) is 0 Å². The van der Waals surface area contributed by atoms with Gasteiger partial charge in [0.25, 0.3) is 5.91 Å². The molecule has 0 heterocycles. The number of nitrogens with one attached hydrogen (secondary N) is 1. The lowest BCUT2D eigenvalue weighted by atomic mass is 9.86. The molecule has 2 atom stereocenters. The van der Waals surface area contributed by atoms with E-state index in [1.54, 1.807) is 0 Å². The molecule has 0 unspecified atom stereocenters. The van der Waals surface area contributed by atoms with Crippen molar-refractivity contribution in [3.8, 4) is 0 Å². The zero-order valence-electron chi connectivity index (χ0n) is 10.1. The minimum absolute atomic E-state index is 0.0715. The van der Waals surface area contributed by atoms with Crippen molar-refractivity contribution in [1.82, 2.24) is 5.32 Å². The number of carbonyl (C=O) groups is 1. The summed E-state index contributed by atoms with van der Waals surface area (Å²) in [7, 11) is 0. The molecule has 0 radical (unpaired) electrons. The second-order valence-electron chi connectivity index (χ2n) is 4.85. The first kappa shape index (κ1) is 12.9. The molecule has 1 aliphatic rings. The van der Waals surface area contributed by atoms with E-state index in [0.717, 1.165) is 15.6 Å². The van der Waals surface area contributed by atoms with Crippen LogP contribution in [0, 0.1) is 9.49 Å². The first-order chi connectivity index (χ1) is 8.16. The number of hydrogen-bond donors (Lipinski definition) is 1. The molecule has 1 aliphatic carbocycles. The fourth-order valence-electron chi connectivity index (χ4n) is 2.41. The summed E-state index contributed by atoms with van der Waals surface area (Å²) in [5.41, 5.74) is 0.773. The van der Waals surface area contributed by atoms with Gasteiger partial charge in [-0.3, -0.25) is 4.79 Å². The van der Waals surface area contributed by atoms with Gasteiger partial charge in [-0.25, -0.2) is 0 Å². The van der Waals surface area contributed by atoms with E-state index in [2.05, 4.69) is 34.8 Å². The molecule has 1 aromatic carbocycles. The summed E-state index contributed by atoms with van der Waals surface area (Å²) in [6, 6.07) is 8.10. The molecule has 0 bridgehead atoms. The molecule has 2 nitrogen and oxygen atoms in total. The minimum atomic E-state index is 0.0715. The van der Waals surface area contributed by atoms with Crippen LogP contribution in [-0.4, -0.2) is 11.9 Å². The first-order valence-corrected chi connectivity index (χ1v) is 7.31. The lowest BCUT2D eigenvalue weighted by molar-refractivity contribution is 0.0910. The van der Waals surface area contributed by atoms with E-state index in [9.17, 15) is 4.79 Å². The summed E-state index contributed by atoms with van der Waals surface area (Å²) in [5.74, 6) is 0.678. The van der Waals surface area contributed by atoms with Crippen LogP contribution in [0.1, 0.15) is 43.0 Å². The smallest absolute Gasteiger partial charge is 0.251 e. The van der Waals surface area contributed by atoms with Crippen LogP contribution in [0.2, 0.25) is 0 Å². The van der Waals surface area contributed by atoms with Crippen molar-refractivity contribution in [2.75, 3.05) is 0 Å². The molecule has 92 valence electrons. The van der Waals surface area contributed by atoms with E-state index in [1.165, 1.54) is 19.3 Å². The maximum Gasteiger partial charge on any atom is 0.251 e. The van der Waals surface area contributed by atoms with Crippen molar-refractivity contribution in [3.63, 3.8) is 0 Å². The fourth-order valence-corrected chi connectivity index (χ4v) is 2.96. The molecule has 1 amide bonds. The summed E-state index contributed by atoms with van der Waals surface area (Å²) in [6.45, 7) is 2.23. The third-order valence-electron chi connectivity index (χ3n) is 3.51. The van der Waals surface area contributed by atoms with Crippen LogP contribution in [0.5, 0.6) is 0 Å². The molecule has 17 heavy (non-hydrogen) atoms. The Morgan fingerprint density at radius 1 is 1.35 bits per heavy atom. The van der Waals surface area contributed by atoms with E-state index in [0.29, 0.717) is 12.0 Å². The molecule has 0 aromatic heterocycles. The van der Waals surface area contributed by atoms with E-state index in [-0.39, 0.29) is 5.91 Å². The van der Waals surface area contributed by atoms with Crippen LogP contribution in [0.3, 0.4) is 0 Å². The van der Waals surface area contributed by atoms with Gasteiger partial charge in [0.2, 0.25) is 0 Å². The summed E-state index contributed by atoms with van der Waals surface area (Å²) < 4.78 is 1.10. The van der Waals surface area contributed by atoms with Crippen molar-refractivity contribution in [1.29, 1.82) is 0 Å². The second-order valence-corrected chi connectivity index (χ2v) is 6.10. The van der Waals surface area contributed by atoms with Gasteiger partial charge < -0.3 is 5.32 Å². The highest BCUT2D eigenvalue weighted by Gasteiger charge is 2.23. The molecule has 0 aliphatic heterocycles. The first-order valence-electron chi connectivity index (χ1n) is 6.23. The zero-order valence-corrected chi connectivity index (χ0v) is 12.2. The van der Waals surface area contributed by atoms with Gasteiger partial charge in [-0.05, 0) is 59.5 Å². The largest absolute Gasteiger partial charge is 0.349 e. The van der Waals surface area contributed by atoms with E-state index >= 15 is 0 Å². The van der Waals surface area contributed by atoms with Crippen LogP contribution >= 0.6 is 22.6 Å². The molecular weight excluding hydrogens is 325 g/mol. The zero-order chi connectivity index (χ0) is 12.3. The number of hydrogen-bond acceptors (Lipinski definition) is 1. The second kappa shape index (κ2) is 5.85.